The van der Waals surface area contributed by atoms with Crippen molar-refractivity contribution in [1.82, 2.24) is 5.32 Å². The number of allylic oxidation sites excluding steroid dienone is 9. The lowest BCUT2D eigenvalue weighted by Crippen LogP contribution is -2.45. The van der Waals surface area contributed by atoms with Crippen LogP contribution in [0.1, 0.15) is 322 Å². The quantitative estimate of drug-likeness (QED) is 0.0320. The molecule has 0 spiro atoms. The Hall–Kier alpha value is -2.44. The van der Waals surface area contributed by atoms with Crippen LogP contribution in [0, 0.1) is 0 Å². The largest absolute Gasteiger partial charge is 0.466 e. The Labute approximate surface area is 448 Å². The van der Waals surface area contributed by atoms with E-state index < -0.39 is 12.1 Å². The number of hydrogen-bond acceptors (Lipinski definition) is 5. The lowest BCUT2D eigenvalue weighted by atomic mass is 10.0. The van der Waals surface area contributed by atoms with Gasteiger partial charge < -0.3 is 20.3 Å². The molecule has 6 heteroatoms. The summed E-state index contributed by atoms with van der Waals surface area (Å²) in [5.74, 6) is -0.173. The predicted molar refractivity (Wildman–Crippen MR) is 315 cm³/mol. The molecular weight excluding hydrogens is 887 g/mol. The first-order valence-corrected chi connectivity index (χ1v) is 31.6. The van der Waals surface area contributed by atoms with Gasteiger partial charge in [0, 0.05) is 12.8 Å². The van der Waals surface area contributed by atoms with E-state index in [1.54, 1.807) is 6.08 Å². The molecule has 3 N–H and O–H groups in total. The van der Waals surface area contributed by atoms with Crippen LogP contribution >= 0.6 is 0 Å². The maximum Gasteiger partial charge on any atom is 0.305 e. The van der Waals surface area contributed by atoms with Crippen LogP contribution in [-0.2, 0) is 14.3 Å². The number of ether oxygens (including phenoxy) is 1. The molecule has 2 unspecified atom stereocenters. The first-order valence-electron chi connectivity index (χ1n) is 31.6. The second-order valence-corrected chi connectivity index (χ2v) is 21.4. The van der Waals surface area contributed by atoms with Gasteiger partial charge in [0.1, 0.15) is 0 Å². The van der Waals surface area contributed by atoms with Crippen molar-refractivity contribution in [3.8, 4) is 0 Å². The van der Waals surface area contributed by atoms with E-state index in [1.165, 1.54) is 231 Å². The maximum absolute atomic E-state index is 12.5. The van der Waals surface area contributed by atoms with Crippen LogP contribution < -0.4 is 5.32 Å². The summed E-state index contributed by atoms with van der Waals surface area (Å²) in [5, 5.41) is 23.1. The molecule has 0 rings (SSSR count). The SMILES string of the molecule is CCCCCC/C=C\C/C=C\CCCCCCCCCC(=O)OCCCCCCCC/C=C\C/C=C\CCC(=O)NC(CO)C(O)/C=C/CCCCCCCCCCCCCCCCCCCCCCCC. The van der Waals surface area contributed by atoms with Crippen LogP contribution in [0.15, 0.2) is 60.8 Å². The highest BCUT2D eigenvalue weighted by molar-refractivity contribution is 5.76. The molecule has 0 bridgehead atoms. The second-order valence-electron chi connectivity index (χ2n) is 21.4. The number of aliphatic hydroxyl groups is 2. The van der Waals surface area contributed by atoms with Crippen LogP contribution in [0.25, 0.3) is 0 Å². The number of hydrogen-bond donors (Lipinski definition) is 3. The van der Waals surface area contributed by atoms with Gasteiger partial charge in [-0.25, -0.2) is 0 Å². The van der Waals surface area contributed by atoms with Crippen molar-refractivity contribution in [1.29, 1.82) is 0 Å². The Balaban J connectivity index is 3.56. The van der Waals surface area contributed by atoms with Crippen molar-refractivity contribution in [2.75, 3.05) is 13.2 Å². The summed E-state index contributed by atoms with van der Waals surface area (Å²) in [6.07, 6.45) is 79.9. The Kier molecular flexibility index (Phi) is 59.0. The predicted octanol–water partition coefficient (Wildman–Crippen LogP) is 19.9. The average molecular weight is 1010 g/mol. The van der Waals surface area contributed by atoms with Crippen molar-refractivity contribution in [3.63, 3.8) is 0 Å². The van der Waals surface area contributed by atoms with Gasteiger partial charge in [-0.05, 0) is 83.5 Å². The summed E-state index contributed by atoms with van der Waals surface area (Å²) >= 11 is 0. The number of esters is 1. The molecule has 0 fully saturated rings. The highest BCUT2D eigenvalue weighted by Crippen LogP contribution is 2.17. The van der Waals surface area contributed by atoms with Gasteiger partial charge in [0.05, 0.1) is 25.4 Å². The van der Waals surface area contributed by atoms with E-state index in [1.807, 2.05) is 12.2 Å². The Morgan fingerprint density at radius 3 is 1.10 bits per heavy atom. The van der Waals surface area contributed by atoms with Crippen LogP contribution in [-0.4, -0.2) is 47.4 Å². The zero-order valence-corrected chi connectivity index (χ0v) is 47.9. The molecule has 2 atom stereocenters. The van der Waals surface area contributed by atoms with Gasteiger partial charge in [0.25, 0.3) is 0 Å². The Bertz CT molecular complexity index is 1250. The van der Waals surface area contributed by atoms with E-state index in [4.69, 9.17) is 4.74 Å². The molecule has 0 aliphatic carbocycles. The van der Waals surface area contributed by atoms with Gasteiger partial charge >= 0.3 is 5.97 Å². The summed E-state index contributed by atoms with van der Waals surface area (Å²) in [5.41, 5.74) is 0. The third-order valence-corrected chi connectivity index (χ3v) is 14.3. The standard InChI is InChI=1S/C66H121NO5/c1-3-5-7-9-11-13-15-17-19-21-23-24-25-26-27-28-29-31-34-38-42-46-50-54-58-64(69)63(62-68)67-65(70)59-55-51-47-43-39-35-33-37-41-45-49-53-57-61-72-66(71)60-56-52-48-44-40-36-32-30-22-20-18-16-14-12-10-8-6-4-2/h14,16,20,22,35,39,47,51,54,58,63-64,68-69H,3-13,15,17-19,21,23-34,36-38,40-46,48-50,52-53,55-57,59-62H2,1-2H3,(H,67,70)/b16-14-,22-20-,39-35-,51-47-,58-54+. The van der Waals surface area contributed by atoms with Crippen LogP contribution in [0.3, 0.4) is 0 Å². The number of amides is 1. The summed E-state index contributed by atoms with van der Waals surface area (Å²) in [6, 6.07) is -0.675. The fourth-order valence-electron chi connectivity index (χ4n) is 9.42. The van der Waals surface area contributed by atoms with Gasteiger partial charge in [0.2, 0.25) is 5.91 Å². The molecule has 0 aromatic rings. The first kappa shape index (κ1) is 69.6. The molecule has 0 heterocycles. The number of nitrogens with one attached hydrogen (secondary N) is 1. The molecule has 0 radical (unpaired) electrons. The molecule has 0 aromatic carbocycles. The Morgan fingerprint density at radius 2 is 0.708 bits per heavy atom. The number of carbonyl (C=O) groups excluding carboxylic acids is 2. The van der Waals surface area contributed by atoms with Crippen molar-refractivity contribution >= 4 is 11.9 Å². The van der Waals surface area contributed by atoms with Crippen LogP contribution in [0.2, 0.25) is 0 Å². The summed E-state index contributed by atoms with van der Waals surface area (Å²) in [4.78, 5) is 24.5. The van der Waals surface area contributed by atoms with Crippen molar-refractivity contribution in [3.05, 3.63) is 60.8 Å². The molecule has 0 saturated carbocycles. The number of unbranched alkanes of at least 4 members (excludes halogenated alkanes) is 39. The van der Waals surface area contributed by atoms with Gasteiger partial charge in [-0.3, -0.25) is 9.59 Å². The monoisotopic (exact) mass is 1010 g/mol. The third kappa shape index (κ3) is 56.8. The fraction of sp³-hybridized carbons (Fsp3) is 0.818. The molecule has 0 aliphatic rings. The fourth-order valence-corrected chi connectivity index (χ4v) is 9.42. The van der Waals surface area contributed by atoms with Gasteiger partial charge in [-0.2, -0.15) is 0 Å². The van der Waals surface area contributed by atoms with Gasteiger partial charge in [-0.1, -0.05) is 286 Å². The van der Waals surface area contributed by atoms with Crippen molar-refractivity contribution in [2.24, 2.45) is 0 Å². The lowest BCUT2D eigenvalue weighted by Gasteiger charge is -2.19. The summed E-state index contributed by atoms with van der Waals surface area (Å²) in [7, 11) is 0. The first-order chi connectivity index (χ1) is 35.5. The van der Waals surface area contributed by atoms with E-state index in [-0.39, 0.29) is 18.5 Å². The molecular formula is C66H121NO5. The molecule has 0 saturated heterocycles. The van der Waals surface area contributed by atoms with E-state index >= 15 is 0 Å². The third-order valence-electron chi connectivity index (χ3n) is 14.3. The van der Waals surface area contributed by atoms with E-state index in [2.05, 4.69) is 61.7 Å². The van der Waals surface area contributed by atoms with Crippen molar-refractivity contribution in [2.45, 2.75) is 334 Å². The molecule has 72 heavy (non-hydrogen) atoms. The second kappa shape index (κ2) is 61.1. The highest BCUT2D eigenvalue weighted by Gasteiger charge is 2.17. The smallest absolute Gasteiger partial charge is 0.305 e. The van der Waals surface area contributed by atoms with Gasteiger partial charge in [0.15, 0.2) is 0 Å². The lowest BCUT2D eigenvalue weighted by molar-refractivity contribution is -0.143. The van der Waals surface area contributed by atoms with Gasteiger partial charge in [-0.15, -0.1) is 0 Å². The normalized spacial score (nSPS) is 13.0. The van der Waals surface area contributed by atoms with E-state index in [0.717, 1.165) is 57.8 Å². The highest BCUT2D eigenvalue weighted by atomic mass is 16.5. The van der Waals surface area contributed by atoms with E-state index in [9.17, 15) is 19.8 Å². The number of rotatable bonds is 58. The molecule has 0 aliphatic heterocycles. The van der Waals surface area contributed by atoms with Crippen LogP contribution in [0.4, 0.5) is 0 Å². The molecule has 0 aromatic heterocycles. The van der Waals surface area contributed by atoms with Crippen LogP contribution in [0.5, 0.6) is 0 Å². The minimum Gasteiger partial charge on any atom is -0.466 e. The summed E-state index contributed by atoms with van der Waals surface area (Å²) in [6.45, 7) is 4.83. The Morgan fingerprint density at radius 1 is 0.389 bits per heavy atom. The molecule has 420 valence electrons. The zero-order chi connectivity index (χ0) is 52.2. The number of carbonyl (C=O) groups is 2. The zero-order valence-electron chi connectivity index (χ0n) is 47.9. The molecule has 1 amide bonds. The maximum atomic E-state index is 12.5. The van der Waals surface area contributed by atoms with E-state index in [0.29, 0.717) is 25.9 Å². The van der Waals surface area contributed by atoms with Crippen molar-refractivity contribution < 1.29 is 24.5 Å². The number of aliphatic hydroxyl groups excluding tert-OH is 2. The topological polar surface area (TPSA) is 95.9 Å². The average Bonchev–Trinajstić information content (AvgIpc) is 3.38. The minimum absolute atomic E-state index is 0.0258. The summed E-state index contributed by atoms with van der Waals surface area (Å²) < 4.78 is 5.47. The molecule has 6 nitrogen and oxygen atoms in total. The minimum atomic E-state index is -0.883.